The van der Waals surface area contributed by atoms with Crippen LogP contribution in [0, 0.1) is 5.82 Å². The van der Waals surface area contributed by atoms with Crippen LogP contribution in [0.3, 0.4) is 0 Å². The Morgan fingerprint density at radius 1 is 0.968 bits per heavy atom. The molecular weight excluding hydrogens is 412 g/mol. The third-order valence-corrected chi connectivity index (χ3v) is 5.23. The van der Waals surface area contributed by atoms with Crippen molar-refractivity contribution in [3.8, 4) is 5.69 Å². The number of piperazine rings is 1. The summed E-state index contributed by atoms with van der Waals surface area (Å²) in [4.78, 5) is 16.5. The zero-order chi connectivity index (χ0) is 22.0. The van der Waals surface area contributed by atoms with Crippen LogP contribution in [0.1, 0.15) is 21.6 Å². The summed E-state index contributed by atoms with van der Waals surface area (Å²) in [5.74, 6) is -1.42. The Bertz CT molecular complexity index is 1060. The third kappa shape index (κ3) is 4.61. The molecule has 0 aliphatic carbocycles. The van der Waals surface area contributed by atoms with Crippen LogP contribution >= 0.6 is 0 Å². The van der Waals surface area contributed by atoms with E-state index in [-0.39, 0.29) is 5.69 Å². The Morgan fingerprint density at radius 3 is 2.32 bits per heavy atom. The van der Waals surface area contributed by atoms with Crippen molar-refractivity contribution in [2.24, 2.45) is 0 Å². The van der Waals surface area contributed by atoms with Crippen LogP contribution in [0.2, 0.25) is 0 Å². The lowest BCUT2D eigenvalue weighted by Crippen LogP contribution is -2.48. The van der Waals surface area contributed by atoms with E-state index in [2.05, 4.69) is 10.00 Å². The van der Waals surface area contributed by atoms with Gasteiger partial charge in [-0.3, -0.25) is 9.69 Å². The number of hydrogen-bond acceptors (Lipinski definition) is 3. The van der Waals surface area contributed by atoms with Gasteiger partial charge in [-0.05, 0) is 23.8 Å². The van der Waals surface area contributed by atoms with Gasteiger partial charge in [-0.25, -0.2) is 9.07 Å². The fraction of sp³-hybridized carbons (Fsp3) is 0.273. The molecule has 1 aromatic heterocycles. The summed E-state index contributed by atoms with van der Waals surface area (Å²) in [7, 11) is 0. The van der Waals surface area contributed by atoms with E-state index in [0.29, 0.717) is 37.4 Å². The molecule has 4 rings (SSSR count). The highest BCUT2D eigenvalue weighted by atomic mass is 19.4. The first kappa shape index (κ1) is 21.0. The Balaban J connectivity index is 1.53. The normalized spacial score (nSPS) is 15.3. The van der Waals surface area contributed by atoms with Crippen molar-refractivity contribution in [1.29, 1.82) is 0 Å². The summed E-state index contributed by atoms with van der Waals surface area (Å²) < 4.78 is 55.6. The van der Waals surface area contributed by atoms with Crippen LogP contribution in [-0.4, -0.2) is 51.7 Å². The monoisotopic (exact) mass is 432 g/mol. The van der Waals surface area contributed by atoms with Gasteiger partial charge in [0.1, 0.15) is 5.82 Å². The largest absolute Gasteiger partial charge is 0.434 e. The lowest BCUT2D eigenvalue weighted by atomic mass is 10.1. The summed E-state index contributed by atoms with van der Waals surface area (Å²) in [6.07, 6.45) is -3.92. The highest BCUT2D eigenvalue weighted by Gasteiger charge is 2.41. The van der Waals surface area contributed by atoms with Crippen molar-refractivity contribution in [3.63, 3.8) is 0 Å². The third-order valence-electron chi connectivity index (χ3n) is 5.23. The molecule has 0 unspecified atom stereocenters. The molecule has 2 aromatic carbocycles. The second kappa shape index (κ2) is 8.50. The second-order valence-corrected chi connectivity index (χ2v) is 7.35. The Kier molecular flexibility index (Phi) is 5.77. The fourth-order valence-electron chi connectivity index (χ4n) is 3.70. The van der Waals surface area contributed by atoms with Crippen molar-refractivity contribution in [3.05, 3.63) is 83.4 Å². The van der Waals surface area contributed by atoms with Crippen LogP contribution in [0.15, 0.2) is 60.8 Å². The highest BCUT2D eigenvalue weighted by molar-refractivity contribution is 5.95. The maximum absolute atomic E-state index is 13.8. The Labute approximate surface area is 176 Å². The minimum absolute atomic E-state index is 0.0981. The Hall–Kier alpha value is -3.20. The smallest absolute Gasteiger partial charge is 0.336 e. The summed E-state index contributed by atoms with van der Waals surface area (Å²) in [6.45, 7) is 2.45. The zero-order valence-electron chi connectivity index (χ0n) is 16.5. The summed E-state index contributed by atoms with van der Waals surface area (Å²) >= 11 is 0. The molecule has 0 saturated carbocycles. The van der Waals surface area contributed by atoms with E-state index in [4.69, 9.17) is 0 Å². The molecule has 9 heteroatoms. The van der Waals surface area contributed by atoms with Gasteiger partial charge in [0.05, 0.1) is 17.4 Å². The van der Waals surface area contributed by atoms with Gasteiger partial charge in [-0.15, -0.1) is 0 Å². The fourth-order valence-corrected chi connectivity index (χ4v) is 3.70. The average Bonchev–Trinajstić information content (AvgIpc) is 3.20. The molecule has 0 spiro atoms. The van der Waals surface area contributed by atoms with Crippen LogP contribution in [0.5, 0.6) is 0 Å². The van der Waals surface area contributed by atoms with Crippen molar-refractivity contribution >= 4 is 5.91 Å². The van der Waals surface area contributed by atoms with Gasteiger partial charge in [-0.2, -0.15) is 18.3 Å². The number of rotatable bonds is 4. The number of hydrogen-bond donors (Lipinski definition) is 0. The van der Waals surface area contributed by atoms with E-state index >= 15 is 0 Å². The van der Waals surface area contributed by atoms with Gasteiger partial charge < -0.3 is 4.90 Å². The average molecular weight is 432 g/mol. The molecule has 0 atom stereocenters. The first-order valence-corrected chi connectivity index (χ1v) is 9.79. The van der Waals surface area contributed by atoms with Gasteiger partial charge in [0, 0.05) is 32.7 Å². The first-order valence-electron chi connectivity index (χ1n) is 9.79. The maximum atomic E-state index is 13.8. The SMILES string of the molecule is O=C(c1cnn(-c2cccc(F)c2)c1C(F)(F)F)N1CCN(Cc2ccccc2)CC1. The van der Waals surface area contributed by atoms with Crippen LogP contribution < -0.4 is 0 Å². The molecule has 1 aliphatic rings. The zero-order valence-corrected chi connectivity index (χ0v) is 16.5. The number of carbonyl (C=O) groups is 1. The summed E-state index contributed by atoms with van der Waals surface area (Å²) in [6, 6.07) is 14.5. The van der Waals surface area contributed by atoms with E-state index in [0.717, 1.165) is 23.9 Å². The molecule has 2 heterocycles. The molecule has 0 radical (unpaired) electrons. The molecule has 1 amide bonds. The molecule has 162 valence electrons. The standard InChI is InChI=1S/C22H20F4N4O/c23-17-7-4-8-18(13-17)30-20(22(24,25)26)19(14-27-30)21(31)29-11-9-28(10-12-29)15-16-5-2-1-3-6-16/h1-8,13-14H,9-12,15H2. The number of carbonyl (C=O) groups excluding carboxylic acids is 1. The molecule has 3 aromatic rings. The van der Waals surface area contributed by atoms with E-state index < -0.39 is 29.2 Å². The second-order valence-electron chi connectivity index (χ2n) is 7.35. The molecule has 1 aliphatic heterocycles. The van der Waals surface area contributed by atoms with E-state index in [1.54, 1.807) is 0 Å². The minimum atomic E-state index is -4.83. The highest BCUT2D eigenvalue weighted by Crippen LogP contribution is 2.34. The van der Waals surface area contributed by atoms with Gasteiger partial charge >= 0.3 is 6.18 Å². The number of alkyl halides is 3. The molecule has 0 N–H and O–H groups in total. The lowest BCUT2D eigenvalue weighted by Gasteiger charge is -2.34. The van der Waals surface area contributed by atoms with Crippen molar-refractivity contribution in [2.75, 3.05) is 26.2 Å². The first-order chi connectivity index (χ1) is 14.8. The lowest BCUT2D eigenvalue weighted by molar-refractivity contribution is -0.143. The number of benzene rings is 2. The summed E-state index contributed by atoms with van der Waals surface area (Å²) in [5.41, 5.74) is -0.694. The van der Waals surface area contributed by atoms with Gasteiger partial charge in [0.25, 0.3) is 5.91 Å². The molecule has 0 bridgehead atoms. The van der Waals surface area contributed by atoms with E-state index in [1.807, 2.05) is 30.3 Å². The van der Waals surface area contributed by atoms with Crippen molar-refractivity contribution in [1.82, 2.24) is 19.6 Å². The van der Waals surface area contributed by atoms with Gasteiger partial charge in [-0.1, -0.05) is 36.4 Å². The Morgan fingerprint density at radius 2 is 1.68 bits per heavy atom. The molecular formula is C22H20F4N4O. The van der Waals surface area contributed by atoms with E-state index in [1.165, 1.54) is 17.0 Å². The predicted molar refractivity (Wildman–Crippen MR) is 106 cm³/mol. The molecule has 31 heavy (non-hydrogen) atoms. The molecule has 5 nitrogen and oxygen atoms in total. The number of aromatic nitrogens is 2. The number of halogens is 4. The number of nitrogens with zero attached hydrogens (tertiary/aromatic N) is 4. The molecule has 1 saturated heterocycles. The van der Waals surface area contributed by atoms with Crippen molar-refractivity contribution in [2.45, 2.75) is 12.7 Å². The van der Waals surface area contributed by atoms with Crippen LogP contribution in [0.25, 0.3) is 5.69 Å². The predicted octanol–water partition coefficient (Wildman–Crippen LogP) is 3.99. The summed E-state index contributed by atoms with van der Waals surface area (Å²) in [5, 5.41) is 3.75. The maximum Gasteiger partial charge on any atom is 0.434 e. The van der Waals surface area contributed by atoms with Crippen molar-refractivity contribution < 1.29 is 22.4 Å². The topological polar surface area (TPSA) is 41.4 Å². The van der Waals surface area contributed by atoms with Gasteiger partial charge in [0.2, 0.25) is 0 Å². The van der Waals surface area contributed by atoms with Gasteiger partial charge in [0.15, 0.2) is 5.69 Å². The molecule has 1 fully saturated rings. The van der Waals surface area contributed by atoms with Crippen LogP contribution in [0.4, 0.5) is 17.6 Å². The van der Waals surface area contributed by atoms with Crippen LogP contribution in [-0.2, 0) is 12.7 Å². The van der Waals surface area contributed by atoms with E-state index in [9.17, 15) is 22.4 Å². The number of amides is 1. The quantitative estimate of drug-likeness (QED) is 0.586. The minimum Gasteiger partial charge on any atom is -0.336 e.